The zero-order chi connectivity index (χ0) is 37.1. The number of hydrogen-bond acceptors (Lipinski definition) is 6. The SMILES string of the molecule is CCN(CC)c1ccncc1C(=C(C#N)c1c[nH]c2ccc(Br)cc12)/C(=C(/C#N)c1c[nH]c2ccc(Cl)cc12)c1cnccc1Oc1ccc(F)cc1. The Morgan fingerprint density at radius 1 is 0.774 bits per heavy atom. The number of rotatable bonds is 10. The highest BCUT2D eigenvalue weighted by Gasteiger charge is 2.30. The number of hydrogen-bond donors (Lipinski definition) is 2. The lowest BCUT2D eigenvalue weighted by Crippen LogP contribution is -2.23. The molecule has 7 aromatic rings. The number of aromatic amines is 2. The minimum atomic E-state index is -0.410. The predicted octanol–water partition coefficient (Wildman–Crippen LogP) is 11.2. The first kappa shape index (κ1) is 35.2. The van der Waals surface area contributed by atoms with E-state index < -0.39 is 5.82 Å². The Labute approximate surface area is 318 Å². The first-order valence-electron chi connectivity index (χ1n) is 16.7. The smallest absolute Gasteiger partial charge is 0.138 e. The number of fused-ring (bicyclic) bond motifs is 2. The van der Waals surface area contributed by atoms with Crippen molar-refractivity contribution in [2.45, 2.75) is 13.8 Å². The first-order chi connectivity index (χ1) is 25.8. The van der Waals surface area contributed by atoms with Crippen molar-refractivity contribution in [3.63, 3.8) is 0 Å². The Balaban J connectivity index is 1.68. The van der Waals surface area contributed by atoms with Crippen molar-refractivity contribution in [1.29, 1.82) is 10.5 Å². The van der Waals surface area contributed by atoms with Gasteiger partial charge in [-0.2, -0.15) is 10.5 Å². The van der Waals surface area contributed by atoms with Gasteiger partial charge in [0.1, 0.15) is 29.5 Å². The second-order valence-corrected chi connectivity index (χ2v) is 13.4. The van der Waals surface area contributed by atoms with Crippen molar-refractivity contribution in [2.75, 3.05) is 18.0 Å². The summed E-state index contributed by atoms with van der Waals surface area (Å²) in [5, 5.41) is 24.7. The molecule has 0 unspecified atom stereocenters. The van der Waals surface area contributed by atoms with Gasteiger partial charge in [-0.05, 0) is 86.6 Å². The standard InChI is InChI=1S/C42H30BrClFN7O/c1-3-52(4-2)39-13-15-48-21-35(39)41(31(19-46)33-23-50-37-11-5-25(43)17-29(33)37)42(32(20-47)34-24-51-38-12-6-26(44)18-30(34)38)36-22-49-16-14-40(36)53-28-9-7-27(45)8-10-28/h5-18,21-24,50-51H,3-4H2,1-2H3/b41-31?,42-32-. The van der Waals surface area contributed by atoms with Gasteiger partial charge < -0.3 is 19.6 Å². The van der Waals surface area contributed by atoms with E-state index in [1.54, 1.807) is 55.4 Å². The number of pyridine rings is 2. The topological polar surface area (TPSA) is 117 Å². The van der Waals surface area contributed by atoms with Gasteiger partial charge in [0.25, 0.3) is 0 Å². The molecule has 0 amide bonds. The summed E-state index contributed by atoms with van der Waals surface area (Å²) in [6.45, 7) is 5.45. The molecule has 4 aromatic heterocycles. The monoisotopic (exact) mass is 781 g/mol. The number of aromatic nitrogens is 4. The average molecular weight is 783 g/mol. The lowest BCUT2D eigenvalue weighted by atomic mass is 9.82. The van der Waals surface area contributed by atoms with Crippen LogP contribution in [0.2, 0.25) is 5.02 Å². The van der Waals surface area contributed by atoms with Crippen LogP contribution in [0.4, 0.5) is 10.1 Å². The molecule has 0 aliphatic carbocycles. The number of nitrogens with one attached hydrogen (secondary N) is 2. The zero-order valence-corrected chi connectivity index (χ0v) is 30.9. The first-order valence-corrected chi connectivity index (χ1v) is 17.9. The van der Waals surface area contributed by atoms with Gasteiger partial charge in [-0.3, -0.25) is 9.97 Å². The quantitative estimate of drug-likeness (QED) is 0.105. The van der Waals surface area contributed by atoms with Crippen molar-refractivity contribution in [1.82, 2.24) is 19.9 Å². The van der Waals surface area contributed by atoms with E-state index in [2.05, 4.69) is 66.8 Å². The van der Waals surface area contributed by atoms with Crippen LogP contribution in [-0.2, 0) is 0 Å². The predicted molar refractivity (Wildman–Crippen MR) is 213 cm³/mol. The second-order valence-electron chi connectivity index (χ2n) is 12.0. The maximum atomic E-state index is 14.0. The molecule has 3 aromatic carbocycles. The number of nitriles is 2. The van der Waals surface area contributed by atoms with Gasteiger partial charge in [0.15, 0.2) is 0 Å². The normalized spacial score (nSPS) is 12.2. The van der Waals surface area contributed by atoms with Gasteiger partial charge in [-0.1, -0.05) is 27.5 Å². The highest BCUT2D eigenvalue weighted by atomic mass is 79.9. The molecule has 4 heterocycles. The second kappa shape index (κ2) is 15.2. The van der Waals surface area contributed by atoms with Crippen molar-refractivity contribution < 1.29 is 9.13 Å². The van der Waals surface area contributed by atoms with Gasteiger partial charge in [0, 0.05) is 121 Å². The number of ether oxygens (including phenoxy) is 1. The van der Waals surface area contributed by atoms with E-state index in [9.17, 15) is 14.9 Å². The fraction of sp³-hybridized carbons (Fsp3) is 0.0952. The number of halogens is 3. The summed E-state index contributed by atoms with van der Waals surface area (Å²) < 4.78 is 21.2. The van der Waals surface area contributed by atoms with E-state index in [1.165, 1.54) is 24.3 Å². The van der Waals surface area contributed by atoms with Crippen molar-refractivity contribution in [3.8, 4) is 23.6 Å². The van der Waals surface area contributed by atoms with Crippen LogP contribution in [0.25, 0.3) is 44.1 Å². The van der Waals surface area contributed by atoms with Crippen LogP contribution in [0.15, 0.2) is 114 Å². The molecule has 0 bridgehead atoms. The number of allylic oxidation sites excluding steroid dienone is 4. The maximum absolute atomic E-state index is 14.0. The Morgan fingerprint density at radius 3 is 2.00 bits per heavy atom. The van der Waals surface area contributed by atoms with Gasteiger partial charge in [0.2, 0.25) is 0 Å². The summed E-state index contributed by atoms with van der Waals surface area (Å²) in [5.74, 6) is 0.290. The molecule has 260 valence electrons. The Kier molecular flexibility index (Phi) is 10.1. The van der Waals surface area contributed by atoms with Crippen LogP contribution in [-0.4, -0.2) is 33.0 Å². The Morgan fingerprint density at radius 2 is 1.36 bits per heavy atom. The number of H-pyrrole nitrogens is 2. The number of nitrogens with zero attached hydrogens (tertiary/aromatic N) is 5. The molecular formula is C42H30BrClFN7O. The van der Waals surface area contributed by atoms with Crippen LogP contribution in [0.5, 0.6) is 11.5 Å². The third kappa shape index (κ3) is 6.78. The molecule has 53 heavy (non-hydrogen) atoms. The number of benzene rings is 3. The fourth-order valence-electron chi connectivity index (χ4n) is 6.60. The minimum absolute atomic E-state index is 0.230. The molecule has 0 fully saturated rings. The molecule has 0 aliphatic rings. The molecule has 8 nitrogen and oxygen atoms in total. The largest absolute Gasteiger partial charge is 0.457 e. The van der Waals surface area contributed by atoms with E-state index in [0.29, 0.717) is 68.4 Å². The molecular weight excluding hydrogens is 753 g/mol. The summed E-state index contributed by atoms with van der Waals surface area (Å²) >= 11 is 10.1. The number of anilines is 1. The van der Waals surface area contributed by atoms with Crippen LogP contribution in [0, 0.1) is 28.5 Å². The van der Waals surface area contributed by atoms with E-state index in [0.717, 1.165) is 26.6 Å². The average Bonchev–Trinajstić information content (AvgIpc) is 3.79. The van der Waals surface area contributed by atoms with E-state index in [-0.39, 0.29) is 11.1 Å². The third-order valence-electron chi connectivity index (χ3n) is 9.06. The van der Waals surface area contributed by atoms with E-state index >= 15 is 0 Å². The van der Waals surface area contributed by atoms with Crippen molar-refractivity contribution >= 4 is 77.3 Å². The Hall–Kier alpha value is -6.20. The maximum Gasteiger partial charge on any atom is 0.138 e. The summed E-state index contributed by atoms with van der Waals surface area (Å²) in [6, 6.07) is 25.5. The highest BCUT2D eigenvalue weighted by Crippen LogP contribution is 2.49. The van der Waals surface area contributed by atoms with Crippen LogP contribution in [0.1, 0.15) is 36.1 Å². The molecule has 0 saturated heterocycles. The zero-order valence-electron chi connectivity index (χ0n) is 28.6. The van der Waals surface area contributed by atoms with E-state index in [4.69, 9.17) is 16.3 Å². The van der Waals surface area contributed by atoms with Crippen molar-refractivity contribution in [2.24, 2.45) is 0 Å². The highest BCUT2D eigenvalue weighted by molar-refractivity contribution is 9.10. The minimum Gasteiger partial charge on any atom is -0.457 e. The van der Waals surface area contributed by atoms with Gasteiger partial charge in [-0.25, -0.2) is 4.39 Å². The van der Waals surface area contributed by atoms with Gasteiger partial charge in [0.05, 0.1) is 11.1 Å². The van der Waals surface area contributed by atoms with Crippen molar-refractivity contribution in [3.05, 3.63) is 148 Å². The molecule has 0 aliphatic heterocycles. The third-order valence-corrected chi connectivity index (χ3v) is 9.79. The molecule has 11 heteroatoms. The van der Waals surface area contributed by atoms with E-state index in [1.807, 2.05) is 30.3 Å². The lowest BCUT2D eigenvalue weighted by molar-refractivity contribution is 0.478. The molecule has 7 rings (SSSR count). The summed E-state index contributed by atoms with van der Waals surface area (Å²) in [6.07, 6.45) is 10.2. The summed E-state index contributed by atoms with van der Waals surface area (Å²) in [7, 11) is 0. The van der Waals surface area contributed by atoms with Crippen LogP contribution >= 0.6 is 27.5 Å². The van der Waals surface area contributed by atoms with Crippen LogP contribution < -0.4 is 9.64 Å². The Bertz CT molecular complexity index is 2640. The fourth-order valence-corrected chi connectivity index (χ4v) is 7.13. The van der Waals surface area contributed by atoms with Crippen LogP contribution in [0.3, 0.4) is 0 Å². The lowest BCUT2D eigenvalue weighted by Gasteiger charge is -2.27. The molecule has 0 atom stereocenters. The molecule has 0 spiro atoms. The molecule has 0 saturated carbocycles. The molecule has 0 radical (unpaired) electrons. The summed E-state index contributed by atoms with van der Waals surface area (Å²) in [4.78, 5) is 17.9. The van der Waals surface area contributed by atoms with Gasteiger partial charge >= 0.3 is 0 Å². The molecule has 2 N–H and O–H groups in total. The van der Waals surface area contributed by atoms with Gasteiger partial charge in [-0.15, -0.1) is 0 Å². The summed E-state index contributed by atoms with van der Waals surface area (Å²) in [5.41, 5.74) is 5.95.